The van der Waals surface area contributed by atoms with Crippen LogP contribution in [0.4, 0.5) is 0 Å². The van der Waals surface area contributed by atoms with Gasteiger partial charge in [-0.05, 0) is 58.8 Å². The molecule has 0 aromatic carbocycles. The molecule has 0 bridgehead atoms. The molecule has 17 heavy (non-hydrogen) atoms. The highest BCUT2D eigenvalue weighted by atomic mass is 16.6. The van der Waals surface area contributed by atoms with Crippen molar-refractivity contribution < 1.29 is 9.53 Å². The SMILES string of the molecule is CCCC1CC(C)CC1(C)C(=O)OC(C)(C)C. The van der Waals surface area contributed by atoms with E-state index in [2.05, 4.69) is 20.8 Å². The number of rotatable bonds is 3. The summed E-state index contributed by atoms with van der Waals surface area (Å²) in [5.41, 5.74) is -0.634. The van der Waals surface area contributed by atoms with Gasteiger partial charge < -0.3 is 4.74 Å². The first-order valence-corrected chi connectivity index (χ1v) is 6.92. The molecule has 3 unspecified atom stereocenters. The minimum atomic E-state index is -0.372. The van der Waals surface area contributed by atoms with Gasteiger partial charge in [-0.3, -0.25) is 4.79 Å². The van der Waals surface area contributed by atoms with Crippen LogP contribution >= 0.6 is 0 Å². The van der Waals surface area contributed by atoms with E-state index in [0.29, 0.717) is 11.8 Å². The molecule has 3 atom stereocenters. The second-order valence-corrected chi connectivity index (χ2v) is 6.95. The van der Waals surface area contributed by atoms with Crippen molar-refractivity contribution in [3.63, 3.8) is 0 Å². The molecule has 2 nitrogen and oxygen atoms in total. The summed E-state index contributed by atoms with van der Waals surface area (Å²) < 4.78 is 5.61. The van der Waals surface area contributed by atoms with Gasteiger partial charge in [0.1, 0.15) is 5.60 Å². The van der Waals surface area contributed by atoms with Crippen molar-refractivity contribution >= 4 is 5.97 Å². The van der Waals surface area contributed by atoms with Crippen LogP contribution in [0.2, 0.25) is 0 Å². The van der Waals surface area contributed by atoms with Crippen molar-refractivity contribution in [1.82, 2.24) is 0 Å². The summed E-state index contributed by atoms with van der Waals surface area (Å²) in [5.74, 6) is 1.15. The number of ether oxygens (including phenoxy) is 1. The van der Waals surface area contributed by atoms with Gasteiger partial charge in [-0.25, -0.2) is 0 Å². The van der Waals surface area contributed by atoms with E-state index in [1.165, 1.54) is 6.42 Å². The predicted octanol–water partition coefficient (Wildman–Crippen LogP) is 4.18. The lowest BCUT2D eigenvalue weighted by Crippen LogP contribution is -2.38. The summed E-state index contributed by atoms with van der Waals surface area (Å²) in [6, 6.07) is 0. The predicted molar refractivity (Wildman–Crippen MR) is 70.7 cm³/mol. The van der Waals surface area contributed by atoms with E-state index in [4.69, 9.17) is 4.74 Å². The Hall–Kier alpha value is -0.530. The Balaban J connectivity index is 2.80. The van der Waals surface area contributed by atoms with Crippen LogP contribution in [0.5, 0.6) is 0 Å². The quantitative estimate of drug-likeness (QED) is 0.692. The van der Waals surface area contributed by atoms with E-state index in [1.807, 2.05) is 20.8 Å². The number of esters is 1. The zero-order valence-corrected chi connectivity index (χ0v) is 12.3. The van der Waals surface area contributed by atoms with E-state index in [9.17, 15) is 4.79 Å². The van der Waals surface area contributed by atoms with Crippen LogP contribution in [0, 0.1) is 17.3 Å². The van der Waals surface area contributed by atoms with E-state index in [1.54, 1.807) is 0 Å². The van der Waals surface area contributed by atoms with Crippen LogP contribution < -0.4 is 0 Å². The normalized spacial score (nSPS) is 33.8. The number of hydrogen-bond acceptors (Lipinski definition) is 2. The first-order valence-electron chi connectivity index (χ1n) is 6.92. The Morgan fingerprint density at radius 1 is 1.41 bits per heavy atom. The summed E-state index contributed by atoms with van der Waals surface area (Å²) in [6.45, 7) is 12.4. The number of carbonyl (C=O) groups is 1. The molecule has 1 saturated carbocycles. The van der Waals surface area contributed by atoms with Gasteiger partial charge in [-0.1, -0.05) is 20.3 Å². The number of carbonyl (C=O) groups excluding carboxylic acids is 1. The molecular formula is C15H28O2. The molecule has 0 radical (unpaired) electrons. The van der Waals surface area contributed by atoms with Crippen molar-refractivity contribution in [1.29, 1.82) is 0 Å². The molecule has 1 fully saturated rings. The smallest absolute Gasteiger partial charge is 0.312 e. The van der Waals surface area contributed by atoms with Crippen molar-refractivity contribution in [2.75, 3.05) is 0 Å². The zero-order chi connectivity index (χ0) is 13.3. The van der Waals surface area contributed by atoms with Gasteiger partial charge in [0.05, 0.1) is 5.41 Å². The summed E-state index contributed by atoms with van der Waals surface area (Å²) in [5, 5.41) is 0. The first-order chi connectivity index (χ1) is 7.69. The van der Waals surface area contributed by atoms with Crippen molar-refractivity contribution in [2.24, 2.45) is 17.3 Å². The Kier molecular flexibility index (Phi) is 4.27. The molecule has 1 aliphatic carbocycles. The molecular weight excluding hydrogens is 212 g/mol. The Labute approximate surface area is 106 Å². The van der Waals surface area contributed by atoms with E-state index < -0.39 is 0 Å². The van der Waals surface area contributed by atoms with Gasteiger partial charge in [-0.2, -0.15) is 0 Å². The van der Waals surface area contributed by atoms with Gasteiger partial charge in [0.2, 0.25) is 0 Å². The highest BCUT2D eigenvalue weighted by Gasteiger charge is 2.49. The monoisotopic (exact) mass is 240 g/mol. The third-order valence-electron chi connectivity index (χ3n) is 3.86. The van der Waals surface area contributed by atoms with Crippen LogP contribution in [-0.4, -0.2) is 11.6 Å². The highest BCUT2D eigenvalue weighted by molar-refractivity contribution is 5.77. The highest BCUT2D eigenvalue weighted by Crippen LogP contribution is 2.49. The lowest BCUT2D eigenvalue weighted by molar-refractivity contribution is -0.169. The average Bonchev–Trinajstić information content (AvgIpc) is 2.41. The molecule has 0 aromatic heterocycles. The lowest BCUT2D eigenvalue weighted by atomic mass is 9.77. The molecule has 0 aliphatic heterocycles. The summed E-state index contributed by atoms with van der Waals surface area (Å²) in [6.07, 6.45) is 4.44. The third-order valence-corrected chi connectivity index (χ3v) is 3.86. The molecule has 0 saturated heterocycles. The second-order valence-electron chi connectivity index (χ2n) is 6.95. The molecule has 0 N–H and O–H groups in total. The fourth-order valence-corrected chi connectivity index (χ4v) is 3.15. The summed E-state index contributed by atoms with van der Waals surface area (Å²) >= 11 is 0. The standard InChI is InChI=1S/C15H28O2/c1-7-8-12-9-11(2)10-15(12,6)13(16)17-14(3,4)5/h11-12H,7-10H2,1-6H3. The molecule has 0 spiro atoms. The van der Waals surface area contributed by atoms with Crippen molar-refractivity contribution in [3.05, 3.63) is 0 Å². The Morgan fingerprint density at radius 2 is 2.00 bits per heavy atom. The molecule has 2 heteroatoms. The minimum absolute atomic E-state index is 0.00722. The fourth-order valence-electron chi connectivity index (χ4n) is 3.15. The van der Waals surface area contributed by atoms with E-state index >= 15 is 0 Å². The van der Waals surface area contributed by atoms with E-state index in [-0.39, 0.29) is 17.0 Å². The first kappa shape index (κ1) is 14.5. The fraction of sp³-hybridized carbons (Fsp3) is 0.933. The topological polar surface area (TPSA) is 26.3 Å². The minimum Gasteiger partial charge on any atom is -0.460 e. The van der Waals surface area contributed by atoms with Gasteiger partial charge in [-0.15, -0.1) is 0 Å². The van der Waals surface area contributed by atoms with Gasteiger partial charge in [0.15, 0.2) is 0 Å². The summed E-state index contributed by atoms with van der Waals surface area (Å²) in [4.78, 5) is 12.4. The van der Waals surface area contributed by atoms with Crippen LogP contribution in [-0.2, 0) is 9.53 Å². The third kappa shape index (κ3) is 3.46. The zero-order valence-electron chi connectivity index (χ0n) is 12.3. The van der Waals surface area contributed by atoms with E-state index in [0.717, 1.165) is 19.3 Å². The van der Waals surface area contributed by atoms with Gasteiger partial charge >= 0.3 is 5.97 Å². The number of hydrogen-bond donors (Lipinski definition) is 0. The Bertz CT molecular complexity index is 277. The van der Waals surface area contributed by atoms with Crippen LogP contribution in [0.3, 0.4) is 0 Å². The molecule has 1 rings (SSSR count). The van der Waals surface area contributed by atoms with Crippen molar-refractivity contribution in [2.45, 2.75) is 72.8 Å². The maximum absolute atomic E-state index is 12.4. The molecule has 0 aromatic rings. The second kappa shape index (κ2) is 4.99. The summed E-state index contributed by atoms with van der Waals surface area (Å²) in [7, 11) is 0. The lowest BCUT2D eigenvalue weighted by Gasteiger charge is -2.32. The van der Waals surface area contributed by atoms with Crippen LogP contribution in [0.25, 0.3) is 0 Å². The largest absolute Gasteiger partial charge is 0.460 e. The van der Waals surface area contributed by atoms with Crippen molar-refractivity contribution in [3.8, 4) is 0 Å². The molecule has 100 valence electrons. The molecule has 0 amide bonds. The van der Waals surface area contributed by atoms with Gasteiger partial charge in [0, 0.05) is 0 Å². The maximum Gasteiger partial charge on any atom is 0.312 e. The molecule has 1 aliphatic rings. The maximum atomic E-state index is 12.4. The van der Waals surface area contributed by atoms with Gasteiger partial charge in [0.25, 0.3) is 0 Å². The average molecular weight is 240 g/mol. The van der Waals surface area contributed by atoms with Crippen LogP contribution in [0.1, 0.15) is 67.2 Å². The Morgan fingerprint density at radius 3 is 2.47 bits per heavy atom. The molecule has 0 heterocycles. The van der Waals surface area contributed by atoms with Crippen LogP contribution in [0.15, 0.2) is 0 Å².